The van der Waals surface area contributed by atoms with E-state index >= 15 is 0 Å². The fourth-order valence-electron chi connectivity index (χ4n) is 2.42. The number of hydrogen-bond donors (Lipinski definition) is 0. The first-order valence-electron chi connectivity index (χ1n) is 4.89. The van der Waals surface area contributed by atoms with Gasteiger partial charge in [0, 0.05) is 5.92 Å². The largest absolute Gasteiger partial charge is 0.0961 e. The summed E-state index contributed by atoms with van der Waals surface area (Å²) >= 11 is 0. The Balaban J connectivity index is 2.13. The van der Waals surface area contributed by atoms with Crippen molar-refractivity contribution in [2.24, 2.45) is 5.92 Å². The summed E-state index contributed by atoms with van der Waals surface area (Å²) < 4.78 is 0. The van der Waals surface area contributed by atoms with Crippen molar-refractivity contribution < 1.29 is 0 Å². The van der Waals surface area contributed by atoms with Crippen molar-refractivity contribution in [1.82, 2.24) is 0 Å². The zero-order valence-electron chi connectivity index (χ0n) is 7.53. The van der Waals surface area contributed by atoms with E-state index in [0.717, 1.165) is 0 Å². The Kier molecular flexibility index (Phi) is 1.53. The minimum Gasteiger partial charge on any atom is -0.0961 e. The van der Waals surface area contributed by atoms with Crippen molar-refractivity contribution >= 4 is 9.52 Å². The third-order valence-electron chi connectivity index (χ3n) is 3.06. The lowest BCUT2D eigenvalue weighted by atomic mass is 9.97. The van der Waals surface area contributed by atoms with Crippen LogP contribution >= 0.6 is 0 Å². The average Bonchev–Trinajstić information content (AvgIpc) is 2.56. The Morgan fingerprint density at radius 1 is 1.23 bits per heavy atom. The van der Waals surface area contributed by atoms with Crippen LogP contribution in [-0.2, 0) is 0 Å². The molecular weight excluding hydrogens is 172 g/mol. The topological polar surface area (TPSA) is 0 Å². The summed E-state index contributed by atoms with van der Waals surface area (Å²) in [5.74, 6) is 0.707. The Bertz CT molecular complexity index is 391. The fourth-order valence-corrected chi connectivity index (χ4v) is 4.07. The van der Waals surface area contributed by atoms with Crippen LogP contribution in [0, 0.1) is 5.92 Å². The van der Waals surface area contributed by atoms with Gasteiger partial charge in [-0.1, -0.05) is 47.4 Å². The van der Waals surface area contributed by atoms with Gasteiger partial charge in [0.25, 0.3) is 0 Å². The summed E-state index contributed by atoms with van der Waals surface area (Å²) in [4.78, 5) is 0. The molecule has 0 amide bonds. The van der Waals surface area contributed by atoms with Gasteiger partial charge in [0.15, 0.2) is 0 Å². The fraction of sp³-hybridized carbons (Fsp3) is 0.167. The van der Waals surface area contributed by atoms with Crippen LogP contribution in [0.25, 0.3) is 0 Å². The van der Waals surface area contributed by atoms with Crippen LogP contribution in [0.4, 0.5) is 0 Å². The van der Waals surface area contributed by atoms with Crippen molar-refractivity contribution in [2.45, 2.75) is 6.42 Å². The molecule has 3 aliphatic rings. The monoisotopic (exact) mass is 184 g/mol. The first-order valence-corrected chi connectivity index (χ1v) is 6.41. The van der Waals surface area contributed by atoms with Crippen molar-refractivity contribution in [2.75, 3.05) is 0 Å². The number of rotatable bonds is 0. The van der Waals surface area contributed by atoms with Gasteiger partial charge in [0.05, 0.1) is 9.52 Å². The Labute approximate surface area is 80.9 Å². The summed E-state index contributed by atoms with van der Waals surface area (Å²) in [6, 6.07) is 0. The molecule has 0 spiro atoms. The lowest BCUT2D eigenvalue weighted by Crippen LogP contribution is -1.99. The third-order valence-corrected chi connectivity index (χ3v) is 4.84. The van der Waals surface area contributed by atoms with Gasteiger partial charge in [0.1, 0.15) is 0 Å². The van der Waals surface area contributed by atoms with E-state index in [0.29, 0.717) is 5.92 Å². The maximum Gasteiger partial charge on any atom is 0.0790 e. The second-order valence-electron chi connectivity index (χ2n) is 3.81. The summed E-state index contributed by atoms with van der Waals surface area (Å²) in [6.45, 7) is 0. The van der Waals surface area contributed by atoms with Crippen molar-refractivity contribution in [3.63, 3.8) is 0 Å². The Hall–Kier alpha value is -1.08. The summed E-state index contributed by atoms with van der Waals surface area (Å²) in [7, 11) is -0.0825. The van der Waals surface area contributed by atoms with Crippen LogP contribution < -0.4 is 0 Å². The van der Waals surface area contributed by atoms with E-state index in [4.69, 9.17) is 0 Å². The SMILES string of the molecule is C1=C[SiH2]C2=C3C=CC=CC3CC2=C1. The van der Waals surface area contributed by atoms with Crippen LogP contribution in [0.5, 0.6) is 0 Å². The highest BCUT2D eigenvalue weighted by Gasteiger charge is 2.26. The molecule has 1 heterocycles. The second-order valence-corrected chi connectivity index (χ2v) is 5.40. The minimum atomic E-state index is -0.0825. The van der Waals surface area contributed by atoms with E-state index in [-0.39, 0.29) is 9.52 Å². The highest BCUT2D eigenvalue weighted by Crippen LogP contribution is 2.40. The molecule has 0 aromatic rings. The molecule has 2 aliphatic carbocycles. The molecule has 0 N–H and O–H groups in total. The smallest absolute Gasteiger partial charge is 0.0790 e. The Morgan fingerprint density at radius 2 is 2.23 bits per heavy atom. The highest BCUT2D eigenvalue weighted by molar-refractivity contribution is 6.53. The number of allylic oxidation sites excluding steroid dienone is 9. The molecule has 0 fully saturated rings. The first kappa shape index (κ1) is 7.33. The van der Waals surface area contributed by atoms with Gasteiger partial charge >= 0.3 is 0 Å². The van der Waals surface area contributed by atoms with Crippen molar-refractivity contribution in [1.29, 1.82) is 0 Å². The maximum atomic E-state index is 2.39. The van der Waals surface area contributed by atoms with Crippen LogP contribution in [0.3, 0.4) is 0 Å². The van der Waals surface area contributed by atoms with E-state index in [1.54, 1.807) is 16.3 Å². The molecule has 0 aromatic carbocycles. The van der Waals surface area contributed by atoms with E-state index < -0.39 is 0 Å². The molecule has 0 nitrogen and oxygen atoms in total. The average molecular weight is 184 g/mol. The van der Waals surface area contributed by atoms with Crippen molar-refractivity contribution in [3.8, 4) is 0 Å². The zero-order valence-corrected chi connectivity index (χ0v) is 8.95. The molecule has 1 unspecified atom stereocenters. The Morgan fingerprint density at radius 3 is 3.23 bits per heavy atom. The molecule has 0 aromatic heterocycles. The molecule has 0 radical (unpaired) electrons. The lowest BCUT2D eigenvalue weighted by Gasteiger charge is -2.09. The van der Waals surface area contributed by atoms with Gasteiger partial charge in [-0.3, -0.25) is 0 Å². The zero-order chi connectivity index (χ0) is 8.67. The molecule has 1 heteroatoms. The van der Waals surface area contributed by atoms with Gasteiger partial charge < -0.3 is 0 Å². The minimum absolute atomic E-state index is 0.0825. The van der Waals surface area contributed by atoms with E-state index in [2.05, 4.69) is 42.2 Å². The molecule has 3 rings (SSSR count). The standard InChI is InChI=1S/C12H12Si/c1-2-6-11-9(4-1)8-10-5-3-7-13-12(10)11/h1-7,9H,8,13H2. The number of hydrogen-bond acceptors (Lipinski definition) is 0. The van der Waals surface area contributed by atoms with Gasteiger partial charge in [-0.15, -0.1) is 0 Å². The molecular formula is C12H12Si. The van der Waals surface area contributed by atoms with E-state index in [1.807, 2.05) is 0 Å². The molecule has 1 aliphatic heterocycles. The van der Waals surface area contributed by atoms with Gasteiger partial charge in [-0.2, -0.15) is 0 Å². The van der Waals surface area contributed by atoms with Gasteiger partial charge in [-0.25, -0.2) is 0 Å². The quantitative estimate of drug-likeness (QED) is 0.505. The summed E-state index contributed by atoms with van der Waals surface area (Å²) in [5.41, 5.74) is 5.62. The number of fused-ring (bicyclic) bond motifs is 2. The molecule has 0 bridgehead atoms. The van der Waals surface area contributed by atoms with E-state index in [1.165, 1.54) is 6.42 Å². The van der Waals surface area contributed by atoms with E-state index in [9.17, 15) is 0 Å². The predicted octanol–water partition coefficient (Wildman–Crippen LogP) is 2.01. The molecule has 13 heavy (non-hydrogen) atoms. The van der Waals surface area contributed by atoms with Crippen molar-refractivity contribution in [3.05, 3.63) is 58.5 Å². The van der Waals surface area contributed by atoms with Gasteiger partial charge in [0.2, 0.25) is 0 Å². The van der Waals surface area contributed by atoms with Crippen LogP contribution in [-0.4, -0.2) is 9.52 Å². The van der Waals surface area contributed by atoms with Crippen LogP contribution in [0.15, 0.2) is 58.5 Å². The second kappa shape index (κ2) is 2.71. The summed E-state index contributed by atoms with van der Waals surface area (Å²) in [6.07, 6.45) is 14.8. The predicted molar refractivity (Wildman–Crippen MR) is 59.2 cm³/mol. The molecule has 0 saturated heterocycles. The molecule has 64 valence electrons. The maximum absolute atomic E-state index is 2.39. The summed E-state index contributed by atoms with van der Waals surface area (Å²) in [5, 5.41) is 1.72. The normalized spacial score (nSPS) is 30.8. The van der Waals surface area contributed by atoms with Gasteiger partial charge in [-0.05, 0) is 17.6 Å². The third kappa shape index (κ3) is 1.04. The van der Waals surface area contributed by atoms with Crippen LogP contribution in [0.1, 0.15) is 6.42 Å². The molecule has 1 atom stereocenters. The highest BCUT2D eigenvalue weighted by atomic mass is 28.2. The molecule has 0 saturated carbocycles. The first-order chi connectivity index (χ1) is 6.45. The van der Waals surface area contributed by atoms with Crippen LogP contribution in [0.2, 0.25) is 0 Å². The lowest BCUT2D eigenvalue weighted by molar-refractivity contribution is 0.811.